The van der Waals surface area contributed by atoms with Crippen LogP contribution in [0.5, 0.6) is 5.88 Å². The summed E-state index contributed by atoms with van der Waals surface area (Å²) >= 11 is 0. The number of rotatable bonds is 2. The van der Waals surface area contributed by atoms with Gasteiger partial charge in [-0.05, 0) is 25.0 Å². The van der Waals surface area contributed by atoms with Gasteiger partial charge in [0.05, 0.1) is 12.8 Å². The fraction of sp³-hybridized carbons (Fsp3) is 0.583. The van der Waals surface area contributed by atoms with Crippen LogP contribution in [0.25, 0.3) is 0 Å². The van der Waals surface area contributed by atoms with Crippen molar-refractivity contribution in [3.63, 3.8) is 0 Å². The van der Waals surface area contributed by atoms with E-state index < -0.39 is 0 Å². The van der Waals surface area contributed by atoms with Crippen molar-refractivity contribution in [1.82, 2.24) is 4.98 Å². The Morgan fingerprint density at radius 1 is 1.19 bits per heavy atom. The van der Waals surface area contributed by atoms with Gasteiger partial charge >= 0.3 is 0 Å². The smallest absolute Gasteiger partial charge is 0.238 e. The van der Waals surface area contributed by atoms with E-state index in [9.17, 15) is 0 Å². The van der Waals surface area contributed by atoms with E-state index in [4.69, 9.17) is 10.5 Å². The Hall–Kier alpha value is -1.45. The van der Waals surface area contributed by atoms with Gasteiger partial charge in [0.1, 0.15) is 5.82 Å². The monoisotopic (exact) mass is 221 g/mol. The van der Waals surface area contributed by atoms with E-state index in [1.807, 2.05) is 12.1 Å². The third-order valence-electron chi connectivity index (χ3n) is 3.00. The van der Waals surface area contributed by atoms with Crippen LogP contribution in [0.1, 0.15) is 25.7 Å². The summed E-state index contributed by atoms with van der Waals surface area (Å²) in [5.74, 6) is 1.51. The zero-order valence-corrected chi connectivity index (χ0v) is 9.78. The minimum absolute atomic E-state index is 0.529. The first-order valence-electron chi connectivity index (χ1n) is 5.87. The van der Waals surface area contributed by atoms with Crippen LogP contribution in [0.3, 0.4) is 0 Å². The van der Waals surface area contributed by atoms with Crippen LogP contribution < -0.4 is 15.4 Å². The lowest BCUT2D eigenvalue weighted by atomic mass is 10.2. The van der Waals surface area contributed by atoms with Crippen LogP contribution in [0.2, 0.25) is 0 Å². The van der Waals surface area contributed by atoms with Crippen LogP contribution in [0, 0.1) is 0 Å². The van der Waals surface area contributed by atoms with Crippen molar-refractivity contribution in [3.05, 3.63) is 12.1 Å². The molecule has 1 aromatic rings. The lowest BCUT2D eigenvalue weighted by molar-refractivity contribution is 0.400. The second-order valence-electron chi connectivity index (χ2n) is 4.17. The van der Waals surface area contributed by atoms with Gasteiger partial charge in [-0.25, -0.2) is 0 Å². The molecule has 2 rings (SSSR count). The molecule has 0 aliphatic carbocycles. The first-order valence-corrected chi connectivity index (χ1v) is 5.87. The van der Waals surface area contributed by atoms with Crippen molar-refractivity contribution < 1.29 is 4.74 Å². The Bertz CT molecular complexity index is 346. The molecule has 0 amide bonds. The van der Waals surface area contributed by atoms with Gasteiger partial charge in [-0.3, -0.25) is 0 Å². The van der Waals surface area contributed by atoms with Crippen molar-refractivity contribution in [2.24, 2.45) is 0 Å². The molecule has 0 saturated carbocycles. The maximum absolute atomic E-state index is 5.75. The SMILES string of the molecule is COc1nc(N2CCCCCC2)ccc1N. The van der Waals surface area contributed by atoms with Crippen molar-refractivity contribution in [2.45, 2.75) is 25.7 Å². The summed E-state index contributed by atoms with van der Waals surface area (Å²) in [6.45, 7) is 2.17. The predicted octanol–water partition coefficient (Wildman–Crippen LogP) is 2.05. The van der Waals surface area contributed by atoms with E-state index in [-0.39, 0.29) is 0 Å². The number of hydrogen-bond acceptors (Lipinski definition) is 4. The number of methoxy groups -OCH3 is 1. The molecule has 4 nitrogen and oxygen atoms in total. The standard InChI is InChI=1S/C12H19N3O/c1-16-12-10(13)6-7-11(14-12)15-8-4-2-3-5-9-15/h6-7H,2-5,8-9,13H2,1H3. The van der Waals surface area contributed by atoms with Gasteiger partial charge in [0, 0.05) is 13.1 Å². The molecular weight excluding hydrogens is 202 g/mol. The van der Waals surface area contributed by atoms with E-state index in [0.717, 1.165) is 18.9 Å². The lowest BCUT2D eigenvalue weighted by Crippen LogP contribution is -2.24. The molecule has 1 fully saturated rings. The molecule has 1 aromatic heterocycles. The number of nitrogen functional groups attached to an aromatic ring is 1. The molecule has 2 heterocycles. The molecule has 0 spiro atoms. The number of nitrogens with zero attached hydrogens (tertiary/aromatic N) is 2. The first kappa shape index (κ1) is 11.0. The highest BCUT2D eigenvalue weighted by Gasteiger charge is 2.12. The highest BCUT2D eigenvalue weighted by atomic mass is 16.5. The van der Waals surface area contributed by atoms with Gasteiger partial charge in [0.2, 0.25) is 5.88 Å². The van der Waals surface area contributed by atoms with Crippen molar-refractivity contribution in [2.75, 3.05) is 30.8 Å². The summed E-state index contributed by atoms with van der Waals surface area (Å²) in [5, 5.41) is 0. The summed E-state index contributed by atoms with van der Waals surface area (Å²) in [5.41, 5.74) is 6.35. The van der Waals surface area contributed by atoms with Gasteiger partial charge in [-0.2, -0.15) is 4.98 Å². The highest BCUT2D eigenvalue weighted by molar-refractivity contribution is 5.54. The van der Waals surface area contributed by atoms with Crippen molar-refractivity contribution in [1.29, 1.82) is 0 Å². The maximum Gasteiger partial charge on any atom is 0.238 e. The summed E-state index contributed by atoms with van der Waals surface area (Å²) < 4.78 is 5.14. The van der Waals surface area contributed by atoms with Gasteiger partial charge in [0.15, 0.2) is 0 Å². The van der Waals surface area contributed by atoms with E-state index in [0.29, 0.717) is 11.6 Å². The Labute approximate surface area is 96.4 Å². The largest absolute Gasteiger partial charge is 0.479 e. The number of ether oxygens (including phenoxy) is 1. The van der Waals surface area contributed by atoms with E-state index in [2.05, 4.69) is 9.88 Å². The van der Waals surface area contributed by atoms with Crippen molar-refractivity contribution in [3.8, 4) is 5.88 Å². The average molecular weight is 221 g/mol. The average Bonchev–Trinajstić information content (AvgIpc) is 2.58. The van der Waals surface area contributed by atoms with E-state index in [1.54, 1.807) is 7.11 Å². The Morgan fingerprint density at radius 3 is 2.50 bits per heavy atom. The molecule has 0 bridgehead atoms. The second kappa shape index (κ2) is 5.05. The zero-order chi connectivity index (χ0) is 11.4. The number of hydrogen-bond donors (Lipinski definition) is 1. The molecule has 88 valence electrons. The molecule has 0 unspecified atom stereocenters. The molecular formula is C12H19N3O. The van der Waals surface area contributed by atoms with Gasteiger partial charge in [-0.15, -0.1) is 0 Å². The topological polar surface area (TPSA) is 51.4 Å². The molecule has 1 saturated heterocycles. The van der Waals surface area contributed by atoms with Crippen LogP contribution in [-0.4, -0.2) is 25.2 Å². The Balaban J connectivity index is 2.18. The summed E-state index contributed by atoms with van der Waals surface area (Å²) in [7, 11) is 1.60. The van der Waals surface area contributed by atoms with E-state index >= 15 is 0 Å². The fourth-order valence-corrected chi connectivity index (χ4v) is 2.08. The molecule has 1 aliphatic heterocycles. The number of nitrogens with two attached hydrogens (primary N) is 1. The Morgan fingerprint density at radius 2 is 1.88 bits per heavy atom. The molecule has 16 heavy (non-hydrogen) atoms. The Kier molecular flexibility index (Phi) is 3.49. The number of aromatic nitrogens is 1. The summed E-state index contributed by atoms with van der Waals surface area (Å²) in [6.07, 6.45) is 5.13. The quantitative estimate of drug-likeness (QED) is 0.830. The third kappa shape index (κ3) is 2.38. The molecule has 2 N–H and O–H groups in total. The molecule has 0 aromatic carbocycles. The van der Waals surface area contributed by atoms with Crippen molar-refractivity contribution >= 4 is 11.5 Å². The fourth-order valence-electron chi connectivity index (χ4n) is 2.08. The second-order valence-corrected chi connectivity index (χ2v) is 4.17. The number of pyridine rings is 1. The molecule has 4 heteroatoms. The van der Waals surface area contributed by atoms with Gasteiger partial charge in [0.25, 0.3) is 0 Å². The number of anilines is 2. The zero-order valence-electron chi connectivity index (χ0n) is 9.78. The molecule has 0 radical (unpaired) electrons. The van der Waals surface area contributed by atoms with E-state index in [1.165, 1.54) is 25.7 Å². The molecule has 0 atom stereocenters. The minimum Gasteiger partial charge on any atom is -0.479 e. The van der Waals surface area contributed by atoms with Crippen LogP contribution in [0.15, 0.2) is 12.1 Å². The van der Waals surface area contributed by atoms with Crippen LogP contribution >= 0.6 is 0 Å². The lowest BCUT2D eigenvalue weighted by Gasteiger charge is -2.21. The third-order valence-corrected chi connectivity index (χ3v) is 3.00. The maximum atomic E-state index is 5.75. The van der Waals surface area contributed by atoms with Gasteiger partial charge in [-0.1, -0.05) is 12.8 Å². The summed E-state index contributed by atoms with van der Waals surface area (Å²) in [6, 6.07) is 3.84. The minimum atomic E-state index is 0.529. The first-order chi connectivity index (χ1) is 7.81. The van der Waals surface area contributed by atoms with Crippen LogP contribution in [-0.2, 0) is 0 Å². The normalized spacial score (nSPS) is 16.9. The predicted molar refractivity (Wildman–Crippen MR) is 65.9 cm³/mol. The highest BCUT2D eigenvalue weighted by Crippen LogP contribution is 2.24. The molecule has 1 aliphatic rings. The summed E-state index contributed by atoms with van der Waals surface area (Å²) in [4.78, 5) is 6.75. The van der Waals surface area contributed by atoms with Gasteiger partial charge < -0.3 is 15.4 Å². The van der Waals surface area contributed by atoms with Crippen LogP contribution in [0.4, 0.5) is 11.5 Å².